The van der Waals surface area contributed by atoms with Crippen LogP contribution < -0.4 is 19.7 Å². The fourth-order valence-corrected chi connectivity index (χ4v) is 8.69. The third-order valence-electron chi connectivity index (χ3n) is 11.6. The van der Waals surface area contributed by atoms with Crippen molar-refractivity contribution in [3.05, 3.63) is 41.7 Å². The lowest BCUT2D eigenvalue weighted by atomic mass is 9.96. The molecule has 1 saturated carbocycles. The Bertz CT molecular complexity index is 2000. The Morgan fingerprint density at radius 3 is 2.73 bits per heavy atom. The number of phenols is 1. The van der Waals surface area contributed by atoms with Gasteiger partial charge in [0, 0.05) is 53.1 Å². The first-order valence-electron chi connectivity index (χ1n) is 17.6. The van der Waals surface area contributed by atoms with Gasteiger partial charge in [-0.15, -0.1) is 6.42 Å². The molecule has 4 aliphatic heterocycles. The molecule has 10 nitrogen and oxygen atoms in total. The zero-order valence-electron chi connectivity index (χ0n) is 28.1. The largest absolute Gasteiger partial charge is 0.508 e. The molecule has 3 saturated heterocycles. The molecule has 11 heteroatoms. The molecule has 1 aliphatic carbocycles. The molecule has 2 N–H and O–H groups in total. The summed E-state index contributed by atoms with van der Waals surface area (Å²) in [5.41, 5.74) is 1.12. The highest BCUT2D eigenvalue weighted by atomic mass is 19.1. The monoisotopic (exact) mass is 663 g/mol. The summed E-state index contributed by atoms with van der Waals surface area (Å²) in [7, 11) is 4.33. The quantitative estimate of drug-likeness (QED) is 0.274. The van der Waals surface area contributed by atoms with Crippen molar-refractivity contribution in [2.45, 2.75) is 62.7 Å². The van der Waals surface area contributed by atoms with Crippen molar-refractivity contribution in [1.29, 1.82) is 0 Å². The number of phenolic OH excluding ortho intramolecular Hbond substituents is 1. The second kappa shape index (κ2) is 11.7. The molecule has 2 aromatic carbocycles. The van der Waals surface area contributed by atoms with E-state index >= 15 is 4.39 Å². The van der Waals surface area contributed by atoms with E-state index < -0.39 is 5.82 Å². The topological polar surface area (TPSA) is 99.1 Å². The SMILES string of the molecule is C#Cc1cccc2cc(O)cc(-c3nc4c5c(nc(OCC6(CN7CCC(N(C)C)CC7)CC6)nc5c3F)N3C[C@H]5CC[C@H](N5)[C@H]3CO4)c12. The molecule has 5 aliphatic rings. The predicted molar refractivity (Wildman–Crippen MR) is 187 cm³/mol. The van der Waals surface area contributed by atoms with Gasteiger partial charge < -0.3 is 34.6 Å². The van der Waals surface area contributed by atoms with Gasteiger partial charge in [-0.25, -0.2) is 9.37 Å². The molecule has 0 amide bonds. The molecule has 4 fully saturated rings. The number of rotatable bonds is 7. The second-order valence-corrected chi connectivity index (χ2v) is 15.0. The number of terminal acetylenes is 1. The Morgan fingerprint density at radius 2 is 1.96 bits per heavy atom. The number of nitrogens with one attached hydrogen (secondary N) is 1. The highest BCUT2D eigenvalue weighted by Gasteiger charge is 2.47. The molecule has 2 aromatic heterocycles. The van der Waals surface area contributed by atoms with Gasteiger partial charge in [0.1, 0.15) is 34.8 Å². The fraction of sp³-hybridized carbons (Fsp3) is 0.500. The summed E-state index contributed by atoms with van der Waals surface area (Å²) in [6.07, 6.45) is 12.5. The lowest BCUT2D eigenvalue weighted by Gasteiger charge is -2.40. The van der Waals surface area contributed by atoms with Crippen molar-refractivity contribution in [3.63, 3.8) is 0 Å². The number of nitrogens with zero attached hydrogens (tertiary/aromatic N) is 6. The van der Waals surface area contributed by atoms with Crippen LogP contribution in [-0.4, -0.2) is 108 Å². The molecular weight excluding hydrogens is 621 g/mol. The predicted octanol–water partition coefficient (Wildman–Crippen LogP) is 4.56. The first-order chi connectivity index (χ1) is 23.8. The van der Waals surface area contributed by atoms with E-state index in [1.54, 1.807) is 12.1 Å². The van der Waals surface area contributed by atoms with Crippen LogP contribution in [0.1, 0.15) is 44.1 Å². The van der Waals surface area contributed by atoms with Gasteiger partial charge in [-0.05, 0) is 89.3 Å². The third-order valence-corrected chi connectivity index (χ3v) is 11.6. The van der Waals surface area contributed by atoms with Crippen LogP contribution in [0.2, 0.25) is 0 Å². The number of ether oxygens (including phenoxy) is 2. The Balaban J connectivity index is 1.12. The average Bonchev–Trinajstić information content (AvgIpc) is 3.80. The number of aromatic nitrogens is 3. The molecule has 0 spiro atoms. The highest BCUT2D eigenvalue weighted by Crippen LogP contribution is 2.48. The van der Waals surface area contributed by atoms with Crippen LogP contribution in [0, 0.1) is 23.6 Å². The Morgan fingerprint density at radius 1 is 1.12 bits per heavy atom. The Hall–Kier alpha value is -4.24. The summed E-state index contributed by atoms with van der Waals surface area (Å²) < 4.78 is 30.0. The number of aromatic hydroxyl groups is 1. The van der Waals surface area contributed by atoms with Gasteiger partial charge in [0.25, 0.3) is 0 Å². The van der Waals surface area contributed by atoms with Crippen molar-refractivity contribution in [3.8, 4) is 41.2 Å². The zero-order valence-corrected chi connectivity index (χ0v) is 28.1. The minimum atomic E-state index is -0.629. The molecule has 3 atom stereocenters. The number of likely N-dealkylation sites (tertiary alicyclic amines) is 1. The number of fused-ring (bicyclic) bond motifs is 6. The maximum Gasteiger partial charge on any atom is 0.319 e. The van der Waals surface area contributed by atoms with Gasteiger partial charge in [-0.3, -0.25) is 0 Å². The van der Waals surface area contributed by atoms with Crippen LogP contribution in [0.4, 0.5) is 10.2 Å². The smallest absolute Gasteiger partial charge is 0.319 e. The minimum absolute atomic E-state index is 0.0000728. The summed E-state index contributed by atoms with van der Waals surface area (Å²) in [5, 5.41) is 16.2. The normalized spacial score (nSPS) is 24.5. The van der Waals surface area contributed by atoms with E-state index in [0.29, 0.717) is 58.4 Å². The second-order valence-electron chi connectivity index (χ2n) is 15.0. The van der Waals surface area contributed by atoms with Crippen LogP contribution in [0.15, 0.2) is 30.3 Å². The first kappa shape index (κ1) is 30.8. The van der Waals surface area contributed by atoms with Crippen molar-refractivity contribution < 1.29 is 19.0 Å². The Labute approximate surface area is 285 Å². The summed E-state index contributed by atoms with van der Waals surface area (Å²) in [6, 6.07) is 9.94. The van der Waals surface area contributed by atoms with E-state index in [9.17, 15) is 5.11 Å². The van der Waals surface area contributed by atoms with Gasteiger partial charge in [0.15, 0.2) is 5.82 Å². The van der Waals surface area contributed by atoms with Crippen molar-refractivity contribution >= 4 is 27.5 Å². The highest BCUT2D eigenvalue weighted by molar-refractivity contribution is 6.04. The number of pyridine rings is 1. The average molecular weight is 664 g/mol. The molecule has 6 heterocycles. The van der Waals surface area contributed by atoms with Crippen LogP contribution >= 0.6 is 0 Å². The molecule has 2 bridgehead atoms. The van der Waals surface area contributed by atoms with Crippen LogP contribution in [0.25, 0.3) is 32.9 Å². The molecule has 0 unspecified atom stereocenters. The molecule has 9 rings (SSSR count). The van der Waals surface area contributed by atoms with Gasteiger partial charge in [-0.2, -0.15) is 9.97 Å². The lowest BCUT2D eigenvalue weighted by Crippen LogP contribution is -2.60. The molecule has 254 valence electrons. The van der Waals surface area contributed by atoms with E-state index in [4.69, 9.17) is 30.8 Å². The number of hydrogen-bond donors (Lipinski definition) is 2. The summed E-state index contributed by atoms with van der Waals surface area (Å²) in [4.78, 5) is 21.7. The van der Waals surface area contributed by atoms with Crippen molar-refractivity contribution in [2.75, 3.05) is 58.4 Å². The molecule has 49 heavy (non-hydrogen) atoms. The van der Waals surface area contributed by atoms with Crippen LogP contribution in [-0.2, 0) is 0 Å². The maximum absolute atomic E-state index is 17.1. The summed E-state index contributed by atoms with van der Waals surface area (Å²) >= 11 is 0. The van der Waals surface area contributed by atoms with Gasteiger partial charge in [-0.1, -0.05) is 18.1 Å². The fourth-order valence-electron chi connectivity index (χ4n) is 8.69. The number of anilines is 1. The van der Waals surface area contributed by atoms with E-state index in [-0.39, 0.29) is 46.3 Å². The van der Waals surface area contributed by atoms with Gasteiger partial charge in [0.2, 0.25) is 5.88 Å². The van der Waals surface area contributed by atoms with Crippen LogP contribution in [0.3, 0.4) is 0 Å². The minimum Gasteiger partial charge on any atom is -0.508 e. The number of piperazine rings is 1. The first-order valence-corrected chi connectivity index (χ1v) is 17.6. The van der Waals surface area contributed by atoms with E-state index in [0.717, 1.165) is 51.9 Å². The number of hydrogen-bond acceptors (Lipinski definition) is 10. The molecule has 0 radical (unpaired) electrons. The third kappa shape index (κ3) is 5.32. The van der Waals surface area contributed by atoms with Crippen molar-refractivity contribution in [1.82, 2.24) is 30.1 Å². The number of halogens is 1. The summed E-state index contributed by atoms with van der Waals surface area (Å²) in [5.74, 6) is 2.95. The maximum atomic E-state index is 17.1. The van der Waals surface area contributed by atoms with Gasteiger partial charge in [0.05, 0.1) is 12.6 Å². The number of piperidine rings is 1. The molecular formula is C38H42FN7O3. The van der Waals surface area contributed by atoms with E-state index in [1.807, 2.05) is 12.1 Å². The van der Waals surface area contributed by atoms with Gasteiger partial charge >= 0.3 is 6.01 Å². The molecule has 4 aromatic rings. The van der Waals surface area contributed by atoms with Crippen LogP contribution in [0.5, 0.6) is 17.6 Å². The van der Waals surface area contributed by atoms with E-state index in [1.165, 1.54) is 18.9 Å². The standard InChI is InChI=1S/C38H42FN7O3/c1-4-22-6-5-7-23-16-26(47)17-27(30(22)23)33-32(39)34-31-35(46-18-24-8-9-28(40-24)29(46)19-48-36(31)41-33)43-37(42-34)49-21-38(12-13-38)20-45-14-10-25(11-15-45)44(2)3/h1,5-7,16-17,24-25,28-29,40,47H,8-15,18-21H2,2-3H3/t24-,28+,29-/m1/s1. The summed E-state index contributed by atoms with van der Waals surface area (Å²) in [6.45, 7) is 4.74. The van der Waals surface area contributed by atoms with E-state index in [2.05, 4.69) is 40.0 Å². The Kier molecular flexibility index (Phi) is 7.34. The number of benzene rings is 2. The van der Waals surface area contributed by atoms with Crippen molar-refractivity contribution in [2.24, 2.45) is 5.41 Å². The lowest BCUT2D eigenvalue weighted by molar-refractivity contribution is 0.105. The zero-order chi connectivity index (χ0) is 33.4.